The van der Waals surface area contributed by atoms with Crippen molar-refractivity contribution >= 4 is 41.0 Å². The van der Waals surface area contributed by atoms with Crippen molar-refractivity contribution in [2.24, 2.45) is 11.8 Å². The first kappa shape index (κ1) is 27.7. The van der Waals surface area contributed by atoms with Crippen molar-refractivity contribution in [3.8, 4) is 0 Å². The first-order valence-electron chi connectivity index (χ1n) is 13.1. The monoisotopic (exact) mass is 515 g/mol. The van der Waals surface area contributed by atoms with Gasteiger partial charge in [0.15, 0.2) is 16.6 Å². The minimum atomic E-state index is -1.89. The molecule has 4 atom stereocenters. The molecule has 3 rings (SSSR count). The number of benzene rings is 1. The van der Waals surface area contributed by atoms with Gasteiger partial charge in [0.2, 0.25) is 11.8 Å². The molecule has 1 aromatic carbocycles. The highest BCUT2D eigenvalue weighted by molar-refractivity contribution is 6.84. The Morgan fingerprint density at radius 2 is 1.57 bits per heavy atom. The molecule has 2 aliphatic rings. The first-order valence-corrected chi connectivity index (χ1v) is 19.3. The zero-order valence-corrected chi connectivity index (χ0v) is 23.9. The molecule has 8 heteroatoms. The number of fused-ring (bicyclic) bond motifs is 1. The Hall–Kier alpha value is -1.91. The molecule has 6 nitrogen and oxygen atoms in total. The fraction of sp³-hybridized carbons (Fsp3) is 0.630. The lowest BCUT2D eigenvalue weighted by Crippen LogP contribution is -2.44. The number of hydrogen-bond donors (Lipinski definition) is 0. The second-order valence-corrected chi connectivity index (χ2v) is 20.3. The van der Waals surface area contributed by atoms with Crippen molar-refractivity contribution in [2.45, 2.75) is 89.1 Å². The normalized spacial score (nSPS) is 25.0. The third-order valence-corrected chi connectivity index (χ3v) is 15.2. The number of amides is 2. The predicted molar refractivity (Wildman–Crippen MR) is 142 cm³/mol. The summed E-state index contributed by atoms with van der Waals surface area (Å²) in [5, 5.41) is 0. The molecular weight excluding hydrogens is 474 g/mol. The smallest absolute Gasteiger partial charge is 0.233 e. The average Bonchev–Trinajstić information content (AvgIpc) is 3.09. The second-order valence-electron chi connectivity index (χ2n) is 11.5. The fourth-order valence-corrected chi connectivity index (χ4v) is 15.0. The number of nitrogens with zero attached hydrogens (tertiary/aromatic N) is 1. The van der Waals surface area contributed by atoms with Gasteiger partial charge in [-0.15, -0.1) is 0 Å². The van der Waals surface area contributed by atoms with E-state index in [0.717, 1.165) is 36.2 Å². The van der Waals surface area contributed by atoms with Gasteiger partial charge in [-0.25, -0.2) is 0 Å². The third-order valence-electron chi connectivity index (χ3n) is 7.67. The number of rotatable bonds is 12. The van der Waals surface area contributed by atoms with E-state index < -0.39 is 34.4 Å². The number of imide groups is 1. The Morgan fingerprint density at radius 1 is 0.943 bits per heavy atom. The van der Waals surface area contributed by atoms with Gasteiger partial charge >= 0.3 is 0 Å². The predicted octanol–water partition coefficient (Wildman–Crippen LogP) is 5.26. The SMILES string of the molecule is CCCC[Si](C)(C)O[Si](C)(C)CCCN1C(=O)CC(C2CC(C=O)C(C=O)c3ccccc32)C1=O. The van der Waals surface area contributed by atoms with E-state index in [1.54, 1.807) is 0 Å². The van der Waals surface area contributed by atoms with Gasteiger partial charge in [0.25, 0.3) is 0 Å². The Bertz CT molecular complexity index is 947. The lowest BCUT2D eigenvalue weighted by Gasteiger charge is -2.35. The van der Waals surface area contributed by atoms with Gasteiger partial charge in [-0.1, -0.05) is 44.0 Å². The van der Waals surface area contributed by atoms with E-state index >= 15 is 0 Å². The topological polar surface area (TPSA) is 80.8 Å². The maximum Gasteiger partial charge on any atom is 0.233 e. The first-order chi connectivity index (χ1) is 16.5. The summed E-state index contributed by atoms with van der Waals surface area (Å²) in [6.07, 6.45) is 5.40. The molecule has 35 heavy (non-hydrogen) atoms. The molecule has 1 aliphatic carbocycles. The molecule has 4 unspecified atom stereocenters. The van der Waals surface area contributed by atoms with Gasteiger partial charge in [0.05, 0.1) is 5.92 Å². The summed E-state index contributed by atoms with van der Waals surface area (Å²) in [5.74, 6) is -1.91. The summed E-state index contributed by atoms with van der Waals surface area (Å²) in [7, 11) is -3.58. The van der Waals surface area contributed by atoms with E-state index in [4.69, 9.17) is 4.12 Å². The standard InChI is InChI=1S/C27H41NO5Si2/c1-6-7-14-34(2,3)33-35(4,5)15-10-13-28-26(31)17-24(27(28)32)23-16-20(18-29)25(19-30)22-12-9-8-11-21(22)23/h8-9,11-12,18-20,23-25H,6-7,10,13-17H2,1-5H3. The Labute approximate surface area is 212 Å². The van der Waals surface area contributed by atoms with Gasteiger partial charge < -0.3 is 13.7 Å². The molecule has 1 fully saturated rings. The highest BCUT2D eigenvalue weighted by Gasteiger charge is 2.47. The summed E-state index contributed by atoms with van der Waals surface area (Å²) >= 11 is 0. The minimum Gasteiger partial charge on any atom is -0.455 e. The van der Waals surface area contributed by atoms with E-state index in [1.165, 1.54) is 23.8 Å². The van der Waals surface area contributed by atoms with Crippen molar-refractivity contribution in [1.82, 2.24) is 4.90 Å². The molecule has 0 spiro atoms. The van der Waals surface area contributed by atoms with Crippen LogP contribution in [0.15, 0.2) is 24.3 Å². The molecule has 0 radical (unpaired) electrons. The van der Waals surface area contributed by atoms with Crippen molar-refractivity contribution in [2.75, 3.05) is 6.54 Å². The summed E-state index contributed by atoms with van der Waals surface area (Å²) in [6, 6.07) is 9.64. The largest absolute Gasteiger partial charge is 0.455 e. The van der Waals surface area contributed by atoms with E-state index in [0.29, 0.717) is 13.0 Å². The molecule has 0 aromatic heterocycles. The minimum absolute atomic E-state index is 0.129. The zero-order valence-electron chi connectivity index (χ0n) is 21.9. The maximum absolute atomic E-state index is 13.4. The van der Waals surface area contributed by atoms with Gasteiger partial charge in [-0.2, -0.15) is 0 Å². The highest BCUT2D eigenvalue weighted by atomic mass is 28.4. The van der Waals surface area contributed by atoms with Crippen LogP contribution in [0, 0.1) is 11.8 Å². The van der Waals surface area contributed by atoms with Crippen molar-refractivity contribution < 1.29 is 23.3 Å². The van der Waals surface area contributed by atoms with E-state index in [1.807, 2.05) is 24.3 Å². The molecule has 2 amide bonds. The molecular formula is C27H41NO5Si2. The van der Waals surface area contributed by atoms with Crippen LogP contribution in [-0.4, -0.2) is 52.5 Å². The van der Waals surface area contributed by atoms with Crippen LogP contribution in [0.2, 0.25) is 38.3 Å². The summed E-state index contributed by atoms with van der Waals surface area (Å²) in [4.78, 5) is 51.2. The highest BCUT2D eigenvalue weighted by Crippen LogP contribution is 2.47. The van der Waals surface area contributed by atoms with Gasteiger partial charge in [0, 0.05) is 24.8 Å². The lowest BCUT2D eigenvalue weighted by molar-refractivity contribution is -0.139. The van der Waals surface area contributed by atoms with E-state index in [9.17, 15) is 19.2 Å². The summed E-state index contributed by atoms with van der Waals surface area (Å²) in [6.45, 7) is 11.7. The van der Waals surface area contributed by atoms with Crippen LogP contribution in [0.25, 0.3) is 0 Å². The molecule has 0 saturated carbocycles. The van der Waals surface area contributed by atoms with Crippen molar-refractivity contribution in [1.29, 1.82) is 0 Å². The molecule has 1 aliphatic heterocycles. The number of carbonyl (C=O) groups is 4. The van der Waals surface area contributed by atoms with Crippen LogP contribution in [-0.2, 0) is 23.3 Å². The molecule has 0 N–H and O–H groups in total. The number of unbranched alkanes of at least 4 members (excludes halogenated alkanes) is 1. The van der Waals surface area contributed by atoms with Gasteiger partial charge in [-0.05, 0) is 68.2 Å². The Kier molecular flexibility index (Phi) is 9.04. The molecule has 0 bridgehead atoms. The van der Waals surface area contributed by atoms with E-state index in [2.05, 4.69) is 33.1 Å². The average molecular weight is 516 g/mol. The van der Waals surface area contributed by atoms with E-state index in [-0.39, 0.29) is 24.2 Å². The second kappa shape index (κ2) is 11.4. The van der Waals surface area contributed by atoms with Gasteiger partial charge in [-0.3, -0.25) is 14.5 Å². The maximum atomic E-state index is 13.4. The lowest BCUT2D eigenvalue weighted by atomic mass is 9.67. The summed E-state index contributed by atoms with van der Waals surface area (Å²) < 4.78 is 6.67. The van der Waals surface area contributed by atoms with Crippen molar-refractivity contribution in [3.63, 3.8) is 0 Å². The molecule has 1 aromatic rings. The zero-order chi connectivity index (χ0) is 25.8. The number of carbonyl (C=O) groups excluding carboxylic acids is 4. The molecule has 1 saturated heterocycles. The van der Waals surface area contributed by atoms with Crippen LogP contribution in [0.5, 0.6) is 0 Å². The quantitative estimate of drug-likeness (QED) is 0.215. The Morgan fingerprint density at radius 3 is 2.17 bits per heavy atom. The third kappa shape index (κ3) is 6.46. The number of likely N-dealkylation sites (tertiary alicyclic amines) is 1. The van der Waals surface area contributed by atoms with Gasteiger partial charge in [0.1, 0.15) is 12.6 Å². The fourth-order valence-electron chi connectivity index (χ4n) is 6.02. The number of hydrogen-bond acceptors (Lipinski definition) is 5. The Balaban J connectivity index is 1.66. The van der Waals surface area contributed by atoms with Crippen molar-refractivity contribution in [3.05, 3.63) is 35.4 Å². The van der Waals surface area contributed by atoms with Crippen LogP contribution < -0.4 is 0 Å². The summed E-state index contributed by atoms with van der Waals surface area (Å²) in [5.41, 5.74) is 1.74. The number of aldehydes is 2. The van der Waals surface area contributed by atoms with Crippen LogP contribution >= 0.6 is 0 Å². The van der Waals surface area contributed by atoms with Crippen LogP contribution in [0.3, 0.4) is 0 Å². The molecule has 192 valence electrons. The molecule has 1 heterocycles. The van der Waals surface area contributed by atoms with Crippen LogP contribution in [0.4, 0.5) is 0 Å². The van der Waals surface area contributed by atoms with Crippen LogP contribution in [0.1, 0.15) is 62.0 Å².